The molecule has 15 heavy (non-hydrogen) atoms. The van der Waals surface area contributed by atoms with Gasteiger partial charge in [-0.2, -0.15) is 0 Å². The SMILES string of the molecule is CCN(CC)CCC(O)C1=CCCCO1. The Kier molecular flexibility index (Phi) is 5.73. The zero-order valence-electron chi connectivity index (χ0n) is 9.91. The van der Waals surface area contributed by atoms with Gasteiger partial charge >= 0.3 is 0 Å². The fourth-order valence-corrected chi connectivity index (χ4v) is 1.80. The Morgan fingerprint density at radius 3 is 2.73 bits per heavy atom. The van der Waals surface area contributed by atoms with Crippen molar-refractivity contribution >= 4 is 0 Å². The summed E-state index contributed by atoms with van der Waals surface area (Å²) in [5.41, 5.74) is 0. The molecule has 0 bridgehead atoms. The number of rotatable bonds is 6. The molecule has 0 aromatic carbocycles. The van der Waals surface area contributed by atoms with E-state index in [2.05, 4.69) is 18.7 Å². The van der Waals surface area contributed by atoms with E-state index in [4.69, 9.17) is 4.74 Å². The van der Waals surface area contributed by atoms with E-state index in [-0.39, 0.29) is 0 Å². The van der Waals surface area contributed by atoms with Crippen LogP contribution in [0.5, 0.6) is 0 Å². The standard InChI is InChI=1S/C12H23NO2/c1-3-13(4-2)9-8-11(14)12-7-5-6-10-15-12/h7,11,14H,3-6,8-10H2,1-2H3. The summed E-state index contributed by atoms with van der Waals surface area (Å²) in [4.78, 5) is 2.31. The second-order valence-electron chi connectivity index (χ2n) is 3.93. The van der Waals surface area contributed by atoms with Crippen LogP contribution in [0.25, 0.3) is 0 Å². The summed E-state index contributed by atoms with van der Waals surface area (Å²) in [6, 6.07) is 0. The van der Waals surface area contributed by atoms with Crippen LogP contribution in [0.15, 0.2) is 11.8 Å². The first-order valence-electron chi connectivity index (χ1n) is 6.01. The van der Waals surface area contributed by atoms with Gasteiger partial charge in [-0.3, -0.25) is 0 Å². The largest absolute Gasteiger partial charge is 0.496 e. The van der Waals surface area contributed by atoms with Gasteiger partial charge in [-0.25, -0.2) is 0 Å². The van der Waals surface area contributed by atoms with Gasteiger partial charge in [0.1, 0.15) is 11.9 Å². The van der Waals surface area contributed by atoms with Crippen molar-refractivity contribution in [2.75, 3.05) is 26.2 Å². The normalized spacial score (nSPS) is 18.5. The third kappa shape index (κ3) is 4.22. The second-order valence-corrected chi connectivity index (χ2v) is 3.93. The van der Waals surface area contributed by atoms with Crippen molar-refractivity contribution < 1.29 is 9.84 Å². The summed E-state index contributed by atoms with van der Waals surface area (Å²) in [5.74, 6) is 0.786. The summed E-state index contributed by atoms with van der Waals surface area (Å²) in [7, 11) is 0. The summed E-state index contributed by atoms with van der Waals surface area (Å²) in [6.07, 6.45) is 4.50. The van der Waals surface area contributed by atoms with Crippen LogP contribution < -0.4 is 0 Å². The third-order valence-electron chi connectivity index (χ3n) is 2.90. The van der Waals surface area contributed by atoms with Crippen molar-refractivity contribution in [3.05, 3.63) is 11.8 Å². The predicted octanol–water partition coefficient (Wildman–Crippen LogP) is 1.77. The summed E-state index contributed by atoms with van der Waals surface area (Å²) in [5, 5.41) is 9.89. The van der Waals surface area contributed by atoms with Gasteiger partial charge in [0.05, 0.1) is 6.61 Å². The van der Waals surface area contributed by atoms with E-state index >= 15 is 0 Å². The fraction of sp³-hybridized carbons (Fsp3) is 0.833. The lowest BCUT2D eigenvalue weighted by atomic mass is 10.1. The van der Waals surface area contributed by atoms with Gasteiger partial charge in [0.25, 0.3) is 0 Å². The number of nitrogens with zero attached hydrogens (tertiary/aromatic N) is 1. The first-order chi connectivity index (χ1) is 7.27. The van der Waals surface area contributed by atoms with Crippen molar-refractivity contribution in [3.63, 3.8) is 0 Å². The Labute approximate surface area is 92.7 Å². The molecule has 0 fully saturated rings. The third-order valence-corrected chi connectivity index (χ3v) is 2.90. The molecule has 0 saturated carbocycles. The van der Waals surface area contributed by atoms with Crippen molar-refractivity contribution in [2.24, 2.45) is 0 Å². The van der Waals surface area contributed by atoms with E-state index in [1.807, 2.05) is 6.08 Å². The second kappa shape index (κ2) is 6.85. The molecule has 1 unspecified atom stereocenters. The highest BCUT2D eigenvalue weighted by Crippen LogP contribution is 2.15. The molecule has 1 atom stereocenters. The zero-order chi connectivity index (χ0) is 11.1. The number of ether oxygens (including phenoxy) is 1. The van der Waals surface area contributed by atoms with Crippen molar-refractivity contribution in [2.45, 2.75) is 39.2 Å². The minimum absolute atomic E-state index is 0.411. The van der Waals surface area contributed by atoms with Crippen LogP contribution in [0.4, 0.5) is 0 Å². The van der Waals surface area contributed by atoms with Gasteiger partial charge in [0.2, 0.25) is 0 Å². The monoisotopic (exact) mass is 213 g/mol. The summed E-state index contributed by atoms with van der Waals surface area (Å²) < 4.78 is 5.43. The average Bonchev–Trinajstić information content (AvgIpc) is 2.31. The molecule has 0 radical (unpaired) electrons. The minimum atomic E-state index is -0.411. The lowest BCUT2D eigenvalue weighted by molar-refractivity contribution is 0.0793. The summed E-state index contributed by atoms with van der Waals surface area (Å²) >= 11 is 0. The molecule has 0 saturated heterocycles. The lowest BCUT2D eigenvalue weighted by Crippen LogP contribution is -2.28. The molecular formula is C12H23NO2. The number of hydrogen-bond acceptors (Lipinski definition) is 3. The van der Waals surface area contributed by atoms with Crippen LogP contribution in [0.1, 0.15) is 33.1 Å². The Balaban J connectivity index is 2.28. The molecule has 0 spiro atoms. The number of allylic oxidation sites excluding steroid dienone is 1. The molecule has 1 rings (SSSR count). The van der Waals surface area contributed by atoms with E-state index in [1.165, 1.54) is 0 Å². The topological polar surface area (TPSA) is 32.7 Å². The van der Waals surface area contributed by atoms with Gasteiger partial charge in [-0.05, 0) is 38.4 Å². The minimum Gasteiger partial charge on any atom is -0.496 e. The van der Waals surface area contributed by atoms with E-state index in [0.717, 1.165) is 51.3 Å². The van der Waals surface area contributed by atoms with Gasteiger partial charge < -0.3 is 14.7 Å². The van der Waals surface area contributed by atoms with Gasteiger partial charge in [0, 0.05) is 6.54 Å². The molecular weight excluding hydrogens is 190 g/mol. The van der Waals surface area contributed by atoms with Crippen LogP contribution >= 0.6 is 0 Å². The van der Waals surface area contributed by atoms with Gasteiger partial charge in [-0.15, -0.1) is 0 Å². The molecule has 0 aliphatic carbocycles. The zero-order valence-corrected chi connectivity index (χ0v) is 9.91. The predicted molar refractivity (Wildman–Crippen MR) is 61.7 cm³/mol. The van der Waals surface area contributed by atoms with Gasteiger partial charge in [-0.1, -0.05) is 13.8 Å². The van der Waals surface area contributed by atoms with Crippen LogP contribution in [0.3, 0.4) is 0 Å². The van der Waals surface area contributed by atoms with E-state index in [9.17, 15) is 5.11 Å². The van der Waals surface area contributed by atoms with Gasteiger partial charge in [0.15, 0.2) is 0 Å². The lowest BCUT2D eigenvalue weighted by Gasteiger charge is -2.23. The van der Waals surface area contributed by atoms with Crippen molar-refractivity contribution in [1.82, 2.24) is 4.90 Å². The van der Waals surface area contributed by atoms with Crippen LogP contribution in [0, 0.1) is 0 Å². The smallest absolute Gasteiger partial charge is 0.121 e. The maximum absolute atomic E-state index is 9.89. The first kappa shape index (κ1) is 12.5. The average molecular weight is 213 g/mol. The quantitative estimate of drug-likeness (QED) is 0.730. The Bertz CT molecular complexity index is 200. The molecule has 1 aliphatic heterocycles. The summed E-state index contributed by atoms with van der Waals surface area (Å²) in [6.45, 7) is 8.08. The van der Waals surface area contributed by atoms with Crippen molar-refractivity contribution in [1.29, 1.82) is 0 Å². The molecule has 0 aromatic rings. The Morgan fingerprint density at radius 1 is 1.47 bits per heavy atom. The number of aliphatic hydroxyl groups is 1. The van der Waals surface area contributed by atoms with Crippen LogP contribution in [-0.2, 0) is 4.74 Å². The Morgan fingerprint density at radius 2 is 2.20 bits per heavy atom. The molecule has 1 heterocycles. The highest BCUT2D eigenvalue weighted by atomic mass is 16.5. The van der Waals surface area contributed by atoms with Crippen molar-refractivity contribution in [3.8, 4) is 0 Å². The molecule has 0 aromatic heterocycles. The molecule has 1 N–H and O–H groups in total. The van der Waals surface area contributed by atoms with E-state index in [1.54, 1.807) is 0 Å². The molecule has 88 valence electrons. The van der Waals surface area contributed by atoms with E-state index < -0.39 is 6.10 Å². The maximum atomic E-state index is 9.89. The Hall–Kier alpha value is -0.540. The van der Waals surface area contributed by atoms with E-state index in [0.29, 0.717) is 0 Å². The van der Waals surface area contributed by atoms with Crippen LogP contribution in [0.2, 0.25) is 0 Å². The maximum Gasteiger partial charge on any atom is 0.121 e. The molecule has 3 nitrogen and oxygen atoms in total. The molecule has 1 aliphatic rings. The number of hydrogen-bond donors (Lipinski definition) is 1. The van der Waals surface area contributed by atoms with Crippen LogP contribution in [-0.4, -0.2) is 42.4 Å². The number of aliphatic hydroxyl groups excluding tert-OH is 1. The molecule has 0 amide bonds. The highest BCUT2D eigenvalue weighted by molar-refractivity contribution is 5.02. The fourth-order valence-electron chi connectivity index (χ4n) is 1.80. The first-order valence-corrected chi connectivity index (χ1v) is 6.01. The highest BCUT2D eigenvalue weighted by Gasteiger charge is 2.15. The molecule has 3 heteroatoms.